The maximum atomic E-state index is 2.76. The van der Waals surface area contributed by atoms with Gasteiger partial charge >= 0.3 is 0 Å². The molecule has 4 nitrogen and oxygen atoms in total. The van der Waals surface area contributed by atoms with Gasteiger partial charge in [0.2, 0.25) is 0 Å². The third kappa shape index (κ3) is 7.66. The summed E-state index contributed by atoms with van der Waals surface area (Å²) in [4.78, 5) is 10.8. The molecule has 0 aromatic heterocycles. The first-order chi connectivity index (χ1) is 15.6. The topological polar surface area (TPSA) is 13.0 Å². The van der Waals surface area contributed by atoms with E-state index in [4.69, 9.17) is 0 Å². The van der Waals surface area contributed by atoms with Crippen molar-refractivity contribution < 1.29 is 0 Å². The zero-order valence-corrected chi connectivity index (χ0v) is 24.8. The largest absolute Gasteiger partial charge is 0.299 e. The summed E-state index contributed by atoms with van der Waals surface area (Å²) in [5.41, 5.74) is 0.540. The molecule has 198 valence electrons. The fourth-order valence-electron chi connectivity index (χ4n) is 6.62. The second kappa shape index (κ2) is 14.4. The van der Waals surface area contributed by atoms with Crippen LogP contribution in [0.3, 0.4) is 0 Å². The van der Waals surface area contributed by atoms with E-state index >= 15 is 0 Å². The van der Waals surface area contributed by atoms with Crippen LogP contribution in [-0.2, 0) is 0 Å². The molecule has 0 radical (unpaired) electrons. The summed E-state index contributed by atoms with van der Waals surface area (Å²) < 4.78 is 0. The van der Waals surface area contributed by atoms with Crippen molar-refractivity contribution >= 4 is 0 Å². The molecule has 3 atom stereocenters. The number of rotatable bonds is 4. The summed E-state index contributed by atoms with van der Waals surface area (Å²) in [7, 11) is 0. The Kier molecular flexibility index (Phi) is 13.5. The fourth-order valence-corrected chi connectivity index (χ4v) is 6.62. The Hall–Kier alpha value is -0.160. The molecule has 0 aromatic carbocycles. The molecule has 3 unspecified atom stereocenters. The highest BCUT2D eigenvalue weighted by atomic mass is 15.3. The van der Waals surface area contributed by atoms with Crippen LogP contribution >= 0.6 is 0 Å². The first-order valence-corrected chi connectivity index (χ1v) is 14.6. The Morgan fingerprint density at radius 2 is 1.24 bits per heavy atom. The van der Waals surface area contributed by atoms with Crippen molar-refractivity contribution in [1.29, 1.82) is 0 Å². The van der Waals surface area contributed by atoms with E-state index in [1.807, 2.05) is 27.7 Å². The summed E-state index contributed by atoms with van der Waals surface area (Å²) >= 11 is 0. The lowest BCUT2D eigenvalue weighted by atomic mass is 9.94. The minimum absolute atomic E-state index is 0.540. The van der Waals surface area contributed by atoms with Gasteiger partial charge in [-0.3, -0.25) is 19.6 Å². The van der Waals surface area contributed by atoms with Gasteiger partial charge in [-0.15, -0.1) is 0 Å². The molecule has 4 fully saturated rings. The molecule has 4 heterocycles. The van der Waals surface area contributed by atoms with Gasteiger partial charge in [-0.2, -0.15) is 0 Å². The van der Waals surface area contributed by atoms with Gasteiger partial charge in [0.1, 0.15) is 0 Å². The van der Waals surface area contributed by atoms with E-state index in [1.54, 1.807) is 0 Å². The van der Waals surface area contributed by atoms with Crippen LogP contribution in [-0.4, -0.2) is 94.6 Å². The van der Waals surface area contributed by atoms with E-state index in [-0.39, 0.29) is 0 Å². The first kappa shape index (κ1) is 30.9. The predicted octanol–water partition coefficient (Wildman–Crippen LogP) is 6.21. The van der Waals surface area contributed by atoms with E-state index in [0.29, 0.717) is 5.54 Å². The van der Waals surface area contributed by atoms with Gasteiger partial charge in [0.15, 0.2) is 0 Å². The lowest BCUT2D eigenvalue weighted by Gasteiger charge is -2.38. The second-order valence-corrected chi connectivity index (χ2v) is 11.4. The van der Waals surface area contributed by atoms with Crippen LogP contribution in [0.4, 0.5) is 0 Å². The zero-order chi connectivity index (χ0) is 25.3. The van der Waals surface area contributed by atoms with Crippen LogP contribution < -0.4 is 0 Å². The molecule has 4 saturated heterocycles. The van der Waals surface area contributed by atoms with E-state index in [2.05, 4.69) is 75.0 Å². The Balaban J connectivity index is 0.000000288. The van der Waals surface area contributed by atoms with Crippen molar-refractivity contribution in [3.63, 3.8) is 0 Å². The van der Waals surface area contributed by atoms with Crippen LogP contribution in [0.15, 0.2) is 0 Å². The van der Waals surface area contributed by atoms with Crippen LogP contribution in [0.2, 0.25) is 0 Å². The standard InChI is InChI=1S/C13H26N2.C12H24N2.2C2H6/c1-11(2)14-9-7-13(10-14)6-5-8-15(13)12(3)4;1-9(2)13-7-11-5-6-14(10(3)4)12(11)8-13;2*1-2/h11-12H,5-10H2,1-4H3;9-12H,5-8H2,1-4H3;2*1-2H3. The number of likely N-dealkylation sites (tertiary alicyclic amines) is 4. The monoisotopic (exact) mass is 466 g/mol. The van der Waals surface area contributed by atoms with Gasteiger partial charge in [0.05, 0.1) is 0 Å². The van der Waals surface area contributed by atoms with Crippen molar-refractivity contribution in [2.24, 2.45) is 5.92 Å². The Labute approximate surface area is 209 Å². The lowest BCUT2D eigenvalue weighted by Crippen LogP contribution is -2.49. The van der Waals surface area contributed by atoms with Crippen molar-refractivity contribution in [2.45, 2.75) is 145 Å². The fraction of sp³-hybridized carbons (Fsp3) is 1.00. The highest BCUT2D eigenvalue weighted by Gasteiger charge is 2.47. The predicted molar refractivity (Wildman–Crippen MR) is 148 cm³/mol. The Morgan fingerprint density at radius 3 is 1.73 bits per heavy atom. The SMILES string of the molecule is CC.CC.CC(C)N1CC2CCN(C(C)C)C2C1.CC(C)N1CCC2(CCCN2C(C)C)C1. The smallest absolute Gasteiger partial charge is 0.0351 e. The molecule has 4 rings (SSSR count). The molecule has 0 bridgehead atoms. The normalized spacial score (nSPS) is 30.5. The van der Waals surface area contributed by atoms with Crippen molar-refractivity contribution in [3.8, 4) is 0 Å². The molecule has 4 heteroatoms. The summed E-state index contributed by atoms with van der Waals surface area (Å²) in [6.45, 7) is 34.6. The molecule has 4 aliphatic rings. The van der Waals surface area contributed by atoms with Crippen molar-refractivity contribution in [1.82, 2.24) is 19.6 Å². The van der Waals surface area contributed by atoms with Gasteiger partial charge in [-0.25, -0.2) is 0 Å². The molecular weight excluding hydrogens is 404 g/mol. The molecule has 0 aliphatic carbocycles. The molecule has 0 N–H and O–H groups in total. The average Bonchev–Trinajstić information content (AvgIpc) is 3.55. The van der Waals surface area contributed by atoms with E-state index in [1.165, 1.54) is 65.0 Å². The summed E-state index contributed by atoms with van der Waals surface area (Å²) in [6, 6.07) is 3.77. The maximum absolute atomic E-state index is 2.76. The average molecular weight is 467 g/mol. The number of hydrogen-bond donors (Lipinski definition) is 0. The van der Waals surface area contributed by atoms with E-state index in [0.717, 1.165) is 36.1 Å². The van der Waals surface area contributed by atoms with E-state index in [9.17, 15) is 0 Å². The zero-order valence-electron chi connectivity index (χ0n) is 24.8. The molecule has 33 heavy (non-hydrogen) atoms. The van der Waals surface area contributed by atoms with Gasteiger partial charge in [0, 0.05) is 61.9 Å². The van der Waals surface area contributed by atoms with Crippen LogP contribution in [0.1, 0.15) is 109 Å². The quantitative estimate of drug-likeness (QED) is 0.488. The maximum Gasteiger partial charge on any atom is 0.0351 e. The highest BCUT2D eigenvalue weighted by Crippen LogP contribution is 2.39. The van der Waals surface area contributed by atoms with Crippen LogP contribution in [0.25, 0.3) is 0 Å². The number of hydrogen-bond acceptors (Lipinski definition) is 4. The molecule has 0 amide bonds. The molecule has 1 spiro atoms. The van der Waals surface area contributed by atoms with Gasteiger partial charge in [-0.1, -0.05) is 27.7 Å². The summed E-state index contributed by atoms with van der Waals surface area (Å²) in [6.07, 6.45) is 5.65. The second-order valence-electron chi connectivity index (χ2n) is 11.4. The number of fused-ring (bicyclic) bond motifs is 1. The third-order valence-electron chi connectivity index (χ3n) is 8.38. The first-order valence-electron chi connectivity index (χ1n) is 14.6. The lowest BCUT2D eigenvalue weighted by molar-refractivity contribution is 0.101. The highest BCUT2D eigenvalue weighted by molar-refractivity contribution is 5.04. The summed E-state index contributed by atoms with van der Waals surface area (Å²) in [5, 5.41) is 0. The minimum atomic E-state index is 0.540. The van der Waals surface area contributed by atoms with Crippen LogP contribution in [0, 0.1) is 5.92 Å². The van der Waals surface area contributed by atoms with Gasteiger partial charge in [0.25, 0.3) is 0 Å². The summed E-state index contributed by atoms with van der Waals surface area (Å²) in [5.74, 6) is 0.958. The van der Waals surface area contributed by atoms with E-state index < -0.39 is 0 Å². The Morgan fingerprint density at radius 1 is 0.636 bits per heavy atom. The Bertz CT molecular complexity index is 518. The minimum Gasteiger partial charge on any atom is -0.299 e. The van der Waals surface area contributed by atoms with Gasteiger partial charge in [-0.05, 0) is 100 Å². The molecular formula is C29H62N4. The molecule has 0 aromatic rings. The van der Waals surface area contributed by atoms with Crippen molar-refractivity contribution in [3.05, 3.63) is 0 Å². The molecule has 0 saturated carbocycles. The van der Waals surface area contributed by atoms with Crippen molar-refractivity contribution in [2.75, 3.05) is 39.3 Å². The number of nitrogens with zero attached hydrogens (tertiary/aromatic N) is 4. The van der Waals surface area contributed by atoms with Crippen LogP contribution in [0.5, 0.6) is 0 Å². The molecule has 4 aliphatic heterocycles. The van der Waals surface area contributed by atoms with Gasteiger partial charge < -0.3 is 0 Å². The third-order valence-corrected chi connectivity index (χ3v) is 8.38.